The molecule has 0 saturated carbocycles. The number of likely N-dealkylation sites (N-methyl/N-ethyl adjacent to an activating group) is 1. The number of amides is 2. The molecule has 0 unspecified atom stereocenters. The Morgan fingerprint density at radius 1 is 1.11 bits per heavy atom. The third kappa shape index (κ3) is 5.15. The molecule has 0 aliphatic carbocycles. The van der Waals surface area contributed by atoms with Gasteiger partial charge in [-0.05, 0) is 48.2 Å². The molecule has 2 aromatic heterocycles. The van der Waals surface area contributed by atoms with Gasteiger partial charge in [-0.15, -0.1) is 5.10 Å². The maximum absolute atomic E-state index is 13.2. The molecule has 4 aromatic rings. The van der Waals surface area contributed by atoms with Gasteiger partial charge in [-0.3, -0.25) is 19.7 Å². The molecule has 1 aliphatic rings. The van der Waals surface area contributed by atoms with Crippen LogP contribution in [0, 0.1) is 11.8 Å². The number of aryl methyl sites for hydroxylation is 1. The molecule has 8 heteroatoms. The second-order valence-electron chi connectivity index (χ2n) is 8.57. The lowest BCUT2D eigenvalue weighted by Gasteiger charge is -2.22. The molecule has 0 bridgehead atoms. The molecule has 5 rings (SSSR count). The Hall–Kier alpha value is -4.77. The standard InChI is InChI=1S/C28H24N6O2/c1-34-24-16-20(9-10-21-8-5-15-29-18-21)11-12-22(24)13-14-23(28(34)36)30-27(35)26-31-25(32-33-26)17-19-6-3-2-4-7-19/h2-8,11-12,15-16,18,23H,13-14,17H2,1H3,(H,30,35)(H,31,32,33)/t23-/m0/s1. The summed E-state index contributed by atoms with van der Waals surface area (Å²) in [5.74, 6) is 6.15. The van der Waals surface area contributed by atoms with Gasteiger partial charge in [0.05, 0.1) is 0 Å². The van der Waals surface area contributed by atoms with Crippen molar-refractivity contribution in [3.8, 4) is 11.8 Å². The van der Waals surface area contributed by atoms with Crippen molar-refractivity contribution in [1.82, 2.24) is 25.5 Å². The van der Waals surface area contributed by atoms with Gasteiger partial charge in [0.25, 0.3) is 5.91 Å². The lowest BCUT2D eigenvalue weighted by Crippen LogP contribution is -2.47. The predicted octanol–water partition coefficient (Wildman–Crippen LogP) is 2.90. The normalized spacial score (nSPS) is 14.9. The number of pyridine rings is 1. The first-order valence-electron chi connectivity index (χ1n) is 11.7. The zero-order valence-corrected chi connectivity index (χ0v) is 19.7. The van der Waals surface area contributed by atoms with Gasteiger partial charge < -0.3 is 10.2 Å². The number of anilines is 1. The Morgan fingerprint density at radius 2 is 1.94 bits per heavy atom. The van der Waals surface area contributed by atoms with E-state index in [4.69, 9.17) is 0 Å². The second-order valence-corrected chi connectivity index (χ2v) is 8.57. The van der Waals surface area contributed by atoms with Gasteiger partial charge in [0.1, 0.15) is 11.9 Å². The first kappa shape index (κ1) is 23.0. The van der Waals surface area contributed by atoms with Crippen molar-refractivity contribution in [1.29, 1.82) is 0 Å². The molecule has 36 heavy (non-hydrogen) atoms. The van der Waals surface area contributed by atoms with Crippen molar-refractivity contribution in [3.63, 3.8) is 0 Å². The molecule has 1 aliphatic heterocycles. The van der Waals surface area contributed by atoms with Crippen LogP contribution in [0.15, 0.2) is 73.1 Å². The first-order chi connectivity index (χ1) is 17.6. The highest BCUT2D eigenvalue weighted by Crippen LogP contribution is 2.27. The van der Waals surface area contributed by atoms with E-state index >= 15 is 0 Å². The molecule has 0 radical (unpaired) electrons. The van der Waals surface area contributed by atoms with E-state index in [1.807, 2.05) is 60.7 Å². The van der Waals surface area contributed by atoms with Crippen molar-refractivity contribution in [2.24, 2.45) is 0 Å². The Balaban J connectivity index is 1.28. The number of rotatable bonds is 4. The third-order valence-electron chi connectivity index (χ3n) is 6.04. The quantitative estimate of drug-likeness (QED) is 0.441. The molecular formula is C28H24N6O2. The van der Waals surface area contributed by atoms with Crippen molar-refractivity contribution in [3.05, 3.63) is 107 Å². The fraction of sp³-hybridized carbons (Fsp3) is 0.179. The van der Waals surface area contributed by atoms with Crippen LogP contribution in [0.1, 0.15) is 45.1 Å². The van der Waals surface area contributed by atoms with Gasteiger partial charge in [-0.1, -0.05) is 48.2 Å². The van der Waals surface area contributed by atoms with E-state index in [1.165, 1.54) is 0 Å². The highest BCUT2D eigenvalue weighted by Gasteiger charge is 2.30. The number of nitrogens with one attached hydrogen (secondary N) is 2. The number of H-pyrrole nitrogens is 1. The van der Waals surface area contributed by atoms with Crippen LogP contribution < -0.4 is 10.2 Å². The van der Waals surface area contributed by atoms with Crippen LogP contribution in [0.2, 0.25) is 0 Å². The summed E-state index contributed by atoms with van der Waals surface area (Å²) in [4.78, 5) is 36.0. The number of nitrogens with zero attached hydrogens (tertiary/aromatic N) is 4. The molecule has 8 nitrogen and oxygen atoms in total. The third-order valence-corrected chi connectivity index (χ3v) is 6.04. The zero-order valence-electron chi connectivity index (χ0n) is 19.7. The average Bonchev–Trinajstić information content (AvgIpc) is 3.35. The molecule has 0 spiro atoms. The molecule has 2 amide bonds. The van der Waals surface area contributed by atoms with Crippen LogP contribution in [-0.2, 0) is 17.6 Å². The molecule has 178 valence electrons. The summed E-state index contributed by atoms with van der Waals surface area (Å²) >= 11 is 0. The zero-order chi connectivity index (χ0) is 24.9. The van der Waals surface area contributed by atoms with Gasteiger partial charge in [0, 0.05) is 42.7 Å². The molecule has 2 aromatic carbocycles. The van der Waals surface area contributed by atoms with Crippen molar-refractivity contribution in [2.45, 2.75) is 25.3 Å². The first-order valence-corrected chi connectivity index (χ1v) is 11.7. The number of aromatic amines is 1. The van der Waals surface area contributed by atoms with Crippen LogP contribution in [0.5, 0.6) is 0 Å². The van der Waals surface area contributed by atoms with Gasteiger partial charge in [0.15, 0.2) is 0 Å². The Labute approximate surface area is 208 Å². The van der Waals surface area contributed by atoms with Gasteiger partial charge in [-0.2, -0.15) is 0 Å². The summed E-state index contributed by atoms with van der Waals surface area (Å²) < 4.78 is 0. The minimum Gasteiger partial charge on any atom is -0.337 e. The predicted molar refractivity (Wildman–Crippen MR) is 135 cm³/mol. The van der Waals surface area contributed by atoms with E-state index in [2.05, 4.69) is 37.3 Å². The summed E-state index contributed by atoms with van der Waals surface area (Å²) in [6, 6.07) is 18.7. The van der Waals surface area contributed by atoms with Crippen molar-refractivity contribution < 1.29 is 9.59 Å². The molecule has 2 N–H and O–H groups in total. The fourth-order valence-electron chi connectivity index (χ4n) is 4.14. The maximum Gasteiger partial charge on any atom is 0.291 e. The highest BCUT2D eigenvalue weighted by molar-refractivity contribution is 6.02. The van der Waals surface area contributed by atoms with Crippen LogP contribution in [-0.4, -0.2) is 45.1 Å². The minimum atomic E-state index is -0.684. The van der Waals surface area contributed by atoms with Crippen molar-refractivity contribution >= 4 is 17.5 Å². The summed E-state index contributed by atoms with van der Waals surface area (Å²) in [6.07, 6.45) is 5.06. The topological polar surface area (TPSA) is 104 Å². The highest BCUT2D eigenvalue weighted by atomic mass is 16.2. The lowest BCUT2D eigenvalue weighted by atomic mass is 10.0. The van der Waals surface area contributed by atoms with E-state index in [-0.39, 0.29) is 11.7 Å². The number of hydrogen-bond acceptors (Lipinski definition) is 5. The monoisotopic (exact) mass is 476 g/mol. The smallest absolute Gasteiger partial charge is 0.291 e. The average molecular weight is 477 g/mol. The second kappa shape index (κ2) is 10.2. The van der Waals surface area contributed by atoms with Crippen LogP contribution >= 0.6 is 0 Å². The van der Waals surface area contributed by atoms with Crippen molar-refractivity contribution in [2.75, 3.05) is 11.9 Å². The van der Waals surface area contributed by atoms with E-state index in [1.54, 1.807) is 24.3 Å². The summed E-state index contributed by atoms with van der Waals surface area (Å²) in [5.41, 5.74) is 4.49. The van der Waals surface area contributed by atoms with Gasteiger partial charge in [0.2, 0.25) is 11.7 Å². The molecule has 0 saturated heterocycles. The Bertz CT molecular complexity index is 1450. The van der Waals surface area contributed by atoms with E-state index in [9.17, 15) is 9.59 Å². The molecule has 0 fully saturated rings. The molecular weight excluding hydrogens is 452 g/mol. The van der Waals surface area contributed by atoms with Crippen LogP contribution in [0.4, 0.5) is 5.69 Å². The molecule has 3 heterocycles. The largest absolute Gasteiger partial charge is 0.337 e. The Morgan fingerprint density at radius 3 is 2.75 bits per heavy atom. The minimum absolute atomic E-state index is 0.0195. The Kier molecular flexibility index (Phi) is 6.54. The number of aromatic nitrogens is 4. The summed E-state index contributed by atoms with van der Waals surface area (Å²) in [5, 5.41) is 9.68. The number of benzene rings is 2. The number of carbonyl (C=O) groups excluding carboxylic acids is 2. The molecule has 1 atom stereocenters. The van der Waals surface area contributed by atoms with E-state index < -0.39 is 11.9 Å². The number of carbonyl (C=O) groups is 2. The van der Waals surface area contributed by atoms with Crippen LogP contribution in [0.3, 0.4) is 0 Å². The lowest BCUT2D eigenvalue weighted by molar-refractivity contribution is -0.120. The van der Waals surface area contributed by atoms with E-state index in [0.29, 0.717) is 25.1 Å². The van der Waals surface area contributed by atoms with Crippen LogP contribution in [0.25, 0.3) is 0 Å². The number of fused-ring (bicyclic) bond motifs is 1. The summed E-state index contributed by atoms with van der Waals surface area (Å²) in [7, 11) is 1.72. The van der Waals surface area contributed by atoms with E-state index in [0.717, 1.165) is 27.9 Å². The van der Waals surface area contributed by atoms with Gasteiger partial charge >= 0.3 is 0 Å². The maximum atomic E-state index is 13.2. The van der Waals surface area contributed by atoms with Gasteiger partial charge in [-0.25, -0.2) is 4.98 Å². The fourth-order valence-corrected chi connectivity index (χ4v) is 4.14. The number of hydrogen-bond donors (Lipinski definition) is 2. The SMILES string of the molecule is CN1C(=O)[C@@H](NC(=O)c2n[nH]c(Cc3ccccc3)n2)CCc2ccc(C#Cc3cccnc3)cc21. The summed E-state index contributed by atoms with van der Waals surface area (Å²) in [6.45, 7) is 0.